The predicted molar refractivity (Wildman–Crippen MR) is 68.5 cm³/mol. The Balaban J connectivity index is 2.24. The van der Waals surface area contributed by atoms with E-state index in [1.165, 1.54) is 0 Å². The maximum absolute atomic E-state index is 11.5. The van der Waals surface area contributed by atoms with Crippen LogP contribution in [0.1, 0.15) is 30.9 Å². The van der Waals surface area contributed by atoms with E-state index >= 15 is 0 Å². The van der Waals surface area contributed by atoms with Crippen molar-refractivity contribution in [2.75, 3.05) is 6.61 Å². The molecule has 0 unspecified atom stereocenters. The second kappa shape index (κ2) is 5.50. The largest absolute Gasteiger partial charge is 0.463 e. The van der Waals surface area contributed by atoms with Gasteiger partial charge in [-0.15, -0.1) is 0 Å². The molecule has 0 spiro atoms. The number of benzene rings is 1. The molecule has 0 saturated heterocycles. The van der Waals surface area contributed by atoms with Crippen molar-refractivity contribution in [2.45, 2.75) is 19.8 Å². The predicted octanol–water partition coefficient (Wildman–Crippen LogP) is 2.91. The summed E-state index contributed by atoms with van der Waals surface area (Å²) >= 11 is 0. The van der Waals surface area contributed by atoms with Crippen LogP contribution in [-0.2, 0) is 9.53 Å². The molecule has 1 aliphatic carbocycles. The van der Waals surface area contributed by atoms with Crippen LogP contribution < -0.4 is 0 Å². The summed E-state index contributed by atoms with van der Waals surface area (Å²) in [6, 6.07) is 9.42. The molecule has 0 amide bonds. The minimum Gasteiger partial charge on any atom is -0.463 e. The average molecular weight is 241 g/mol. The third-order valence-corrected chi connectivity index (χ3v) is 2.92. The van der Waals surface area contributed by atoms with Gasteiger partial charge in [0.2, 0.25) is 0 Å². The van der Waals surface area contributed by atoms with Crippen LogP contribution in [0.4, 0.5) is 0 Å². The Hall–Kier alpha value is -2.08. The third kappa shape index (κ3) is 2.98. The summed E-state index contributed by atoms with van der Waals surface area (Å²) < 4.78 is 4.95. The van der Waals surface area contributed by atoms with Crippen molar-refractivity contribution >= 4 is 11.5 Å². The van der Waals surface area contributed by atoms with Crippen LogP contribution in [0.2, 0.25) is 0 Å². The molecule has 0 heterocycles. The molecule has 0 radical (unpaired) electrons. The Morgan fingerprint density at radius 1 is 1.44 bits per heavy atom. The van der Waals surface area contributed by atoms with E-state index in [1.54, 1.807) is 25.1 Å². The minimum atomic E-state index is -0.288. The molecule has 0 bridgehead atoms. The van der Waals surface area contributed by atoms with E-state index in [4.69, 9.17) is 10.00 Å². The number of esters is 1. The monoisotopic (exact) mass is 241 g/mol. The first-order chi connectivity index (χ1) is 8.74. The Bertz CT molecular complexity index is 504. The van der Waals surface area contributed by atoms with Crippen LogP contribution in [0.25, 0.3) is 5.57 Å². The van der Waals surface area contributed by atoms with Gasteiger partial charge in [-0.1, -0.05) is 12.1 Å². The molecule has 0 aliphatic heterocycles. The van der Waals surface area contributed by atoms with Crippen molar-refractivity contribution in [3.63, 3.8) is 0 Å². The fourth-order valence-corrected chi connectivity index (χ4v) is 1.88. The summed E-state index contributed by atoms with van der Waals surface area (Å²) in [6.07, 6.45) is 3.82. The van der Waals surface area contributed by atoms with Gasteiger partial charge in [0.15, 0.2) is 0 Å². The average Bonchev–Trinajstić information content (AvgIpc) is 3.21. The maximum Gasteiger partial charge on any atom is 0.331 e. The fraction of sp³-hybridized carbons (Fsp3) is 0.333. The van der Waals surface area contributed by atoms with E-state index < -0.39 is 0 Å². The van der Waals surface area contributed by atoms with E-state index in [0.717, 1.165) is 24.0 Å². The lowest BCUT2D eigenvalue weighted by Gasteiger charge is -2.06. The highest BCUT2D eigenvalue weighted by Gasteiger charge is 2.27. The third-order valence-electron chi connectivity index (χ3n) is 2.92. The zero-order valence-corrected chi connectivity index (χ0v) is 10.3. The summed E-state index contributed by atoms with van der Waals surface area (Å²) in [6.45, 7) is 2.19. The molecule has 0 N–H and O–H groups in total. The number of ether oxygens (including phenoxy) is 1. The lowest BCUT2D eigenvalue weighted by atomic mass is 10.00. The van der Waals surface area contributed by atoms with Crippen molar-refractivity contribution in [3.05, 3.63) is 41.5 Å². The van der Waals surface area contributed by atoms with Crippen molar-refractivity contribution in [1.29, 1.82) is 5.26 Å². The van der Waals surface area contributed by atoms with Crippen LogP contribution in [0.5, 0.6) is 0 Å². The van der Waals surface area contributed by atoms with Gasteiger partial charge in [0.25, 0.3) is 0 Å². The van der Waals surface area contributed by atoms with Gasteiger partial charge in [-0.25, -0.2) is 4.79 Å². The molecule has 2 rings (SSSR count). The maximum atomic E-state index is 11.5. The standard InChI is InChI=1S/C15H15NO2/c1-2-18-15(17)9-14(13-7-8-13)12-5-3-11(10-16)4-6-12/h3-6,9,13H,2,7-8H2,1H3/b14-9-. The smallest absolute Gasteiger partial charge is 0.331 e. The second-order valence-corrected chi connectivity index (χ2v) is 4.32. The van der Waals surface area contributed by atoms with Crippen LogP contribution in [-0.4, -0.2) is 12.6 Å². The van der Waals surface area contributed by atoms with E-state index in [2.05, 4.69) is 6.07 Å². The first-order valence-electron chi connectivity index (χ1n) is 6.13. The van der Waals surface area contributed by atoms with Crippen molar-refractivity contribution in [3.8, 4) is 6.07 Å². The first kappa shape index (κ1) is 12.4. The number of hydrogen-bond acceptors (Lipinski definition) is 3. The Morgan fingerprint density at radius 2 is 2.11 bits per heavy atom. The molecule has 3 heteroatoms. The quantitative estimate of drug-likeness (QED) is 0.601. The zero-order valence-electron chi connectivity index (χ0n) is 10.3. The molecule has 0 atom stereocenters. The Labute approximate surface area is 107 Å². The molecular formula is C15H15NO2. The highest BCUT2D eigenvalue weighted by Crippen LogP contribution is 2.41. The summed E-state index contributed by atoms with van der Waals surface area (Å²) in [4.78, 5) is 11.5. The summed E-state index contributed by atoms with van der Waals surface area (Å²) in [5, 5.41) is 8.77. The number of carbonyl (C=O) groups excluding carboxylic acids is 1. The normalized spacial score (nSPS) is 15.0. The van der Waals surface area contributed by atoms with E-state index in [0.29, 0.717) is 18.1 Å². The van der Waals surface area contributed by atoms with Crippen LogP contribution in [0.3, 0.4) is 0 Å². The molecule has 1 aromatic carbocycles. The molecule has 1 fully saturated rings. The SMILES string of the molecule is CCOC(=O)/C=C(/c1ccc(C#N)cc1)C1CC1. The molecule has 1 aromatic rings. The summed E-state index contributed by atoms with van der Waals surface area (Å²) in [5.41, 5.74) is 2.66. The van der Waals surface area contributed by atoms with Gasteiger partial charge in [0, 0.05) is 6.08 Å². The van der Waals surface area contributed by atoms with Crippen LogP contribution in [0.15, 0.2) is 30.3 Å². The molecule has 1 saturated carbocycles. The Kier molecular flexibility index (Phi) is 3.78. The van der Waals surface area contributed by atoms with Gasteiger partial charge >= 0.3 is 5.97 Å². The molecular weight excluding hydrogens is 226 g/mol. The number of rotatable bonds is 4. The van der Waals surface area contributed by atoms with Gasteiger partial charge < -0.3 is 4.74 Å². The topological polar surface area (TPSA) is 50.1 Å². The molecule has 0 aromatic heterocycles. The second-order valence-electron chi connectivity index (χ2n) is 4.32. The number of hydrogen-bond donors (Lipinski definition) is 0. The lowest BCUT2D eigenvalue weighted by molar-refractivity contribution is -0.137. The van der Waals surface area contributed by atoms with Crippen LogP contribution in [0, 0.1) is 17.2 Å². The fourth-order valence-electron chi connectivity index (χ4n) is 1.88. The molecule has 3 nitrogen and oxygen atoms in total. The molecule has 1 aliphatic rings. The zero-order chi connectivity index (χ0) is 13.0. The van der Waals surface area contributed by atoms with E-state index in [1.807, 2.05) is 12.1 Å². The van der Waals surface area contributed by atoms with Crippen molar-refractivity contribution in [2.24, 2.45) is 5.92 Å². The highest BCUT2D eigenvalue weighted by molar-refractivity contribution is 5.92. The number of nitriles is 1. The van der Waals surface area contributed by atoms with Gasteiger partial charge in [-0.3, -0.25) is 0 Å². The van der Waals surface area contributed by atoms with Crippen LogP contribution >= 0.6 is 0 Å². The van der Waals surface area contributed by atoms with Gasteiger partial charge in [-0.2, -0.15) is 5.26 Å². The Morgan fingerprint density at radius 3 is 2.61 bits per heavy atom. The number of allylic oxidation sites excluding steroid dienone is 1. The number of carbonyl (C=O) groups is 1. The minimum absolute atomic E-state index is 0.288. The van der Waals surface area contributed by atoms with Gasteiger partial charge in [0.05, 0.1) is 18.2 Å². The first-order valence-corrected chi connectivity index (χ1v) is 6.13. The van der Waals surface area contributed by atoms with Gasteiger partial charge in [0.1, 0.15) is 0 Å². The summed E-state index contributed by atoms with van der Waals surface area (Å²) in [7, 11) is 0. The van der Waals surface area contributed by atoms with Gasteiger partial charge in [-0.05, 0) is 49.0 Å². The summed E-state index contributed by atoms with van der Waals surface area (Å²) in [5.74, 6) is 0.172. The molecule has 18 heavy (non-hydrogen) atoms. The highest BCUT2D eigenvalue weighted by atomic mass is 16.5. The van der Waals surface area contributed by atoms with Crippen molar-refractivity contribution < 1.29 is 9.53 Å². The van der Waals surface area contributed by atoms with Crippen molar-refractivity contribution in [1.82, 2.24) is 0 Å². The number of nitrogens with zero attached hydrogens (tertiary/aromatic N) is 1. The molecule has 92 valence electrons. The van der Waals surface area contributed by atoms with E-state index in [9.17, 15) is 4.79 Å². The van der Waals surface area contributed by atoms with E-state index in [-0.39, 0.29) is 5.97 Å². The lowest BCUT2D eigenvalue weighted by Crippen LogP contribution is -2.01.